The summed E-state index contributed by atoms with van der Waals surface area (Å²) in [6, 6.07) is 0. The summed E-state index contributed by atoms with van der Waals surface area (Å²) in [5.74, 6) is 1.28. The summed E-state index contributed by atoms with van der Waals surface area (Å²) in [4.78, 5) is 20.3. The van der Waals surface area contributed by atoms with Crippen molar-refractivity contribution in [3.8, 4) is 17.6 Å². The van der Waals surface area contributed by atoms with Gasteiger partial charge in [0.05, 0.1) is 0 Å². The summed E-state index contributed by atoms with van der Waals surface area (Å²) in [5, 5.41) is 4.02. The van der Waals surface area contributed by atoms with Gasteiger partial charge < -0.3 is 4.57 Å². The van der Waals surface area contributed by atoms with Crippen molar-refractivity contribution in [1.29, 1.82) is 0 Å². The van der Waals surface area contributed by atoms with Crippen LogP contribution in [0.5, 0.6) is 0 Å². The Balaban J connectivity index is 2.15. The molecule has 9 heteroatoms. The molecule has 18 heavy (non-hydrogen) atoms. The largest absolute Gasteiger partial charge is 0.331 e. The molecule has 8 nitrogen and oxygen atoms in total. The first-order valence-electron chi connectivity index (χ1n) is 4.98. The molecule has 3 rings (SSSR count). The summed E-state index contributed by atoms with van der Waals surface area (Å²) in [5.41, 5.74) is 0. The molecule has 0 fully saturated rings. The molecule has 90 valence electrons. The molecule has 0 saturated heterocycles. The summed E-state index contributed by atoms with van der Waals surface area (Å²) >= 11 is 5.88. The molecule has 0 bridgehead atoms. The van der Waals surface area contributed by atoms with Crippen LogP contribution in [-0.2, 0) is 7.05 Å². The third-order valence-corrected chi connectivity index (χ3v) is 2.41. The van der Waals surface area contributed by atoms with Crippen LogP contribution in [-0.4, -0.2) is 39.3 Å². The third kappa shape index (κ3) is 1.82. The Morgan fingerprint density at radius 1 is 1.22 bits per heavy atom. The second kappa shape index (κ2) is 4.15. The maximum absolute atomic E-state index is 5.88. The lowest BCUT2D eigenvalue weighted by atomic mass is 10.5. The Bertz CT molecular complexity index is 674. The van der Waals surface area contributed by atoms with Crippen LogP contribution < -0.4 is 0 Å². The monoisotopic (exact) mass is 262 g/mol. The van der Waals surface area contributed by atoms with Crippen LogP contribution in [0.1, 0.15) is 0 Å². The van der Waals surface area contributed by atoms with Gasteiger partial charge in [-0.1, -0.05) is 0 Å². The van der Waals surface area contributed by atoms with Crippen LogP contribution in [0.3, 0.4) is 0 Å². The minimum Gasteiger partial charge on any atom is -0.331 e. The van der Waals surface area contributed by atoms with Crippen LogP contribution in [0.25, 0.3) is 17.6 Å². The molecule has 0 aliphatic heterocycles. The zero-order chi connectivity index (χ0) is 12.5. The van der Waals surface area contributed by atoms with Crippen molar-refractivity contribution in [2.24, 2.45) is 7.05 Å². The topological polar surface area (TPSA) is 87.2 Å². The molecule has 0 unspecified atom stereocenters. The molecule has 0 aliphatic rings. The van der Waals surface area contributed by atoms with E-state index in [2.05, 4.69) is 30.0 Å². The Hall–Kier alpha value is -2.35. The highest BCUT2D eigenvalue weighted by Gasteiger charge is 2.12. The van der Waals surface area contributed by atoms with Gasteiger partial charge in [-0.25, -0.2) is 9.97 Å². The van der Waals surface area contributed by atoms with E-state index in [9.17, 15) is 0 Å². The predicted molar refractivity (Wildman–Crippen MR) is 62.0 cm³/mol. The molecular weight excluding hydrogens is 256 g/mol. The molecule has 0 atom stereocenters. The molecule has 0 saturated carbocycles. The van der Waals surface area contributed by atoms with Gasteiger partial charge >= 0.3 is 0 Å². The van der Waals surface area contributed by atoms with Gasteiger partial charge in [-0.2, -0.15) is 24.7 Å². The lowest BCUT2D eigenvalue weighted by Gasteiger charge is -2.03. The van der Waals surface area contributed by atoms with Crippen molar-refractivity contribution >= 4 is 11.6 Å². The summed E-state index contributed by atoms with van der Waals surface area (Å²) in [7, 11) is 1.84. The first-order valence-corrected chi connectivity index (χ1v) is 5.36. The highest BCUT2D eigenvalue weighted by Crippen LogP contribution is 2.14. The van der Waals surface area contributed by atoms with E-state index < -0.39 is 0 Å². The Labute approximate surface area is 106 Å². The lowest BCUT2D eigenvalue weighted by molar-refractivity contribution is 0.789. The molecule has 3 aromatic rings. The van der Waals surface area contributed by atoms with E-state index in [-0.39, 0.29) is 5.28 Å². The Kier molecular flexibility index (Phi) is 2.49. The normalized spacial score (nSPS) is 10.8. The molecule has 3 heterocycles. The summed E-state index contributed by atoms with van der Waals surface area (Å²) in [6.07, 6.45) is 6.32. The third-order valence-electron chi connectivity index (χ3n) is 2.24. The molecule has 0 N–H and O–H groups in total. The van der Waals surface area contributed by atoms with Gasteiger partial charge in [-0.15, -0.1) is 0 Å². The fraction of sp³-hybridized carbons (Fsp3) is 0.111. The molecule has 0 radical (unpaired) electrons. The van der Waals surface area contributed by atoms with Crippen molar-refractivity contribution in [3.05, 3.63) is 30.3 Å². The highest BCUT2D eigenvalue weighted by atomic mass is 35.5. The van der Waals surface area contributed by atoms with Crippen molar-refractivity contribution in [2.75, 3.05) is 0 Å². The van der Waals surface area contributed by atoms with Gasteiger partial charge in [0.1, 0.15) is 12.7 Å². The van der Waals surface area contributed by atoms with Crippen LogP contribution in [0.15, 0.2) is 25.0 Å². The molecule has 0 spiro atoms. The Morgan fingerprint density at radius 2 is 2.11 bits per heavy atom. The highest BCUT2D eigenvalue weighted by molar-refractivity contribution is 6.28. The van der Waals surface area contributed by atoms with Crippen molar-refractivity contribution in [3.63, 3.8) is 0 Å². The average molecular weight is 263 g/mol. The second-order valence-corrected chi connectivity index (χ2v) is 3.77. The van der Waals surface area contributed by atoms with E-state index in [1.165, 1.54) is 17.3 Å². The standard InChI is InChI=1S/C9H7ClN8/c1-17-3-2-12-7(17)6-14-8(10)16-9(15-6)18-5-11-4-13-18/h2-5H,1H3. The molecule has 0 amide bonds. The smallest absolute Gasteiger partial charge is 0.257 e. The first-order chi connectivity index (χ1) is 8.74. The quantitative estimate of drug-likeness (QED) is 0.669. The average Bonchev–Trinajstić information content (AvgIpc) is 2.98. The van der Waals surface area contributed by atoms with Crippen LogP contribution >= 0.6 is 11.6 Å². The van der Waals surface area contributed by atoms with E-state index >= 15 is 0 Å². The van der Waals surface area contributed by atoms with E-state index in [1.807, 2.05) is 7.05 Å². The zero-order valence-electron chi connectivity index (χ0n) is 9.27. The maximum Gasteiger partial charge on any atom is 0.257 e. The van der Waals surface area contributed by atoms with E-state index in [4.69, 9.17) is 11.6 Å². The van der Waals surface area contributed by atoms with Crippen LogP contribution in [0, 0.1) is 0 Å². The minimum absolute atomic E-state index is 0.0773. The summed E-state index contributed by atoms with van der Waals surface area (Å²) < 4.78 is 3.19. The predicted octanol–water partition coefficient (Wildman–Crippen LogP) is 0.506. The fourth-order valence-corrected chi connectivity index (χ4v) is 1.59. The number of rotatable bonds is 2. The Morgan fingerprint density at radius 3 is 2.78 bits per heavy atom. The van der Waals surface area contributed by atoms with E-state index in [1.54, 1.807) is 17.0 Å². The number of aromatic nitrogens is 8. The number of halogens is 1. The van der Waals surface area contributed by atoms with Gasteiger partial charge in [0.2, 0.25) is 11.1 Å². The van der Waals surface area contributed by atoms with Gasteiger partial charge in [0.25, 0.3) is 5.95 Å². The number of hydrogen-bond donors (Lipinski definition) is 0. The number of imidazole rings is 1. The number of hydrogen-bond acceptors (Lipinski definition) is 6. The van der Waals surface area contributed by atoms with Crippen molar-refractivity contribution in [2.45, 2.75) is 0 Å². The molecule has 3 aromatic heterocycles. The molecular formula is C9H7ClN8. The van der Waals surface area contributed by atoms with E-state index in [0.717, 1.165) is 0 Å². The van der Waals surface area contributed by atoms with Gasteiger partial charge in [-0.3, -0.25) is 0 Å². The minimum atomic E-state index is 0.0773. The van der Waals surface area contributed by atoms with Crippen LogP contribution in [0.4, 0.5) is 0 Å². The van der Waals surface area contributed by atoms with Crippen LogP contribution in [0.2, 0.25) is 5.28 Å². The second-order valence-electron chi connectivity index (χ2n) is 3.43. The SMILES string of the molecule is Cn1ccnc1-c1nc(Cl)nc(-n2cncn2)n1. The number of nitrogens with zero attached hydrogens (tertiary/aromatic N) is 8. The van der Waals surface area contributed by atoms with Gasteiger partial charge in [0, 0.05) is 19.4 Å². The van der Waals surface area contributed by atoms with Crippen molar-refractivity contribution in [1.82, 2.24) is 39.3 Å². The maximum atomic E-state index is 5.88. The summed E-state index contributed by atoms with van der Waals surface area (Å²) in [6.45, 7) is 0. The van der Waals surface area contributed by atoms with Gasteiger partial charge in [-0.05, 0) is 11.6 Å². The first kappa shape index (κ1) is 10.8. The molecule has 0 aromatic carbocycles. The van der Waals surface area contributed by atoms with Gasteiger partial charge in [0.15, 0.2) is 5.82 Å². The number of aryl methyl sites for hydroxylation is 1. The fourth-order valence-electron chi connectivity index (χ4n) is 1.43. The zero-order valence-corrected chi connectivity index (χ0v) is 10.0. The lowest BCUT2D eigenvalue weighted by Crippen LogP contribution is -2.06. The van der Waals surface area contributed by atoms with Crippen molar-refractivity contribution < 1.29 is 0 Å². The molecule has 0 aliphatic carbocycles. The van der Waals surface area contributed by atoms with E-state index in [0.29, 0.717) is 17.6 Å².